The smallest absolute Gasteiger partial charge is 0.258 e. The third-order valence-corrected chi connectivity index (χ3v) is 4.28. The van der Waals surface area contributed by atoms with Gasteiger partial charge in [0.1, 0.15) is 12.4 Å². The van der Waals surface area contributed by atoms with E-state index >= 15 is 0 Å². The molecule has 7 heteroatoms. The first-order valence-corrected chi connectivity index (χ1v) is 8.35. The molecule has 0 aliphatic rings. The van der Waals surface area contributed by atoms with E-state index in [0.29, 0.717) is 10.8 Å². The average molecular weight is 367 g/mol. The van der Waals surface area contributed by atoms with Crippen LogP contribution in [-0.2, 0) is 13.7 Å². The minimum atomic E-state index is -0.173. The molecule has 0 saturated heterocycles. The number of nitrogens with zero attached hydrogens (tertiary/aromatic N) is 4. The number of ether oxygens (including phenoxy) is 1. The number of rotatable bonds is 4. The van der Waals surface area contributed by atoms with E-state index in [2.05, 4.69) is 9.97 Å². The minimum absolute atomic E-state index is 0.173. The van der Waals surface area contributed by atoms with Crippen molar-refractivity contribution in [1.82, 2.24) is 19.1 Å². The predicted octanol–water partition coefficient (Wildman–Crippen LogP) is 3.35. The fourth-order valence-electron chi connectivity index (χ4n) is 2.68. The molecule has 26 heavy (non-hydrogen) atoms. The van der Waals surface area contributed by atoms with Crippen LogP contribution in [0.25, 0.3) is 16.7 Å². The molecule has 0 spiro atoms. The Morgan fingerprint density at radius 3 is 2.77 bits per heavy atom. The predicted molar refractivity (Wildman–Crippen MR) is 99.9 cm³/mol. The van der Waals surface area contributed by atoms with Gasteiger partial charge in [0.15, 0.2) is 0 Å². The summed E-state index contributed by atoms with van der Waals surface area (Å²) in [6.07, 6.45) is 5.01. The van der Waals surface area contributed by atoms with Gasteiger partial charge in [-0.25, -0.2) is 4.98 Å². The van der Waals surface area contributed by atoms with Gasteiger partial charge in [0, 0.05) is 25.5 Å². The number of imidazole rings is 1. The molecule has 0 radical (unpaired) electrons. The van der Waals surface area contributed by atoms with Crippen LogP contribution < -0.4 is 10.3 Å². The molecular formula is C19H15ClN4O2. The molecule has 0 bridgehead atoms. The summed E-state index contributed by atoms with van der Waals surface area (Å²) in [6, 6.07) is 12.4. The summed E-state index contributed by atoms with van der Waals surface area (Å²) in [5.41, 5.74) is 3.19. The van der Waals surface area contributed by atoms with Crippen LogP contribution in [0.4, 0.5) is 0 Å². The van der Waals surface area contributed by atoms with Crippen LogP contribution in [0.2, 0.25) is 5.02 Å². The Bertz CT molecular complexity index is 1130. The van der Waals surface area contributed by atoms with Gasteiger partial charge in [-0.1, -0.05) is 11.6 Å². The Morgan fingerprint density at radius 2 is 2.00 bits per heavy atom. The molecule has 0 unspecified atom stereocenters. The van der Waals surface area contributed by atoms with Crippen molar-refractivity contribution in [2.24, 2.45) is 7.05 Å². The number of aryl methyl sites for hydroxylation is 1. The van der Waals surface area contributed by atoms with Crippen molar-refractivity contribution in [3.05, 3.63) is 82.3 Å². The lowest BCUT2D eigenvalue weighted by molar-refractivity contribution is 0.300. The largest absolute Gasteiger partial charge is 0.487 e. The van der Waals surface area contributed by atoms with Gasteiger partial charge in [0.25, 0.3) is 5.56 Å². The van der Waals surface area contributed by atoms with Crippen LogP contribution in [0.3, 0.4) is 0 Å². The van der Waals surface area contributed by atoms with Gasteiger partial charge in [-0.2, -0.15) is 0 Å². The molecular weight excluding hydrogens is 352 g/mol. The molecule has 0 fully saturated rings. The SMILES string of the molecule is Cn1cnc2ccc(-n3ccc(OCc4ccc(Cl)cn4)cc3=O)cc21. The van der Waals surface area contributed by atoms with Gasteiger partial charge >= 0.3 is 0 Å². The van der Waals surface area contributed by atoms with E-state index < -0.39 is 0 Å². The molecule has 4 rings (SSSR count). The van der Waals surface area contributed by atoms with Crippen molar-refractivity contribution in [3.63, 3.8) is 0 Å². The van der Waals surface area contributed by atoms with Gasteiger partial charge < -0.3 is 9.30 Å². The summed E-state index contributed by atoms with van der Waals surface area (Å²) >= 11 is 5.81. The fourth-order valence-corrected chi connectivity index (χ4v) is 2.79. The number of aromatic nitrogens is 4. The van der Waals surface area contributed by atoms with Crippen molar-refractivity contribution in [1.29, 1.82) is 0 Å². The quantitative estimate of drug-likeness (QED) is 0.555. The van der Waals surface area contributed by atoms with Crippen LogP contribution in [0.15, 0.2) is 66.0 Å². The molecule has 0 aliphatic carbocycles. The zero-order valence-electron chi connectivity index (χ0n) is 14.0. The molecule has 0 saturated carbocycles. The van der Waals surface area contributed by atoms with Crippen LogP contribution >= 0.6 is 11.6 Å². The minimum Gasteiger partial charge on any atom is -0.487 e. The van der Waals surface area contributed by atoms with E-state index in [-0.39, 0.29) is 12.2 Å². The fraction of sp³-hybridized carbons (Fsp3) is 0.105. The van der Waals surface area contributed by atoms with Gasteiger partial charge in [-0.15, -0.1) is 0 Å². The third-order valence-electron chi connectivity index (χ3n) is 4.05. The van der Waals surface area contributed by atoms with Crippen LogP contribution in [0.5, 0.6) is 5.75 Å². The molecule has 130 valence electrons. The number of hydrogen-bond acceptors (Lipinski definition) is 4. The Balaban J connectivity index is 1.57. The normalized spacial score (nSPS) is 11.0. The van der Waals surface area contributed by atoms with Crippen molar-refractivity contribution in [2.75, 3.05) is 0 Å². The number of hydrogen-bond donors (Lipinski definition) is 0. The van der Waals surface area contributed by atoms with Gasteiger partial charge in [0.2, 0.25) is 0 Å². The van der Waals surface area contributed by atoms with E-state index in [1.165, 1.54) is 6.07 Å². The summed E-state index contributed by atoms with van der Waals surface area (Å²) in [4.78, 5) is 20.9. The van der Waals surface area contributed by atoms with Crippen LogP contribution in [-0.4, -0.2) is 19.1 Å². The van der Waals surface area contributed by atoms with Crippen molar-refractivity contribution in [2.45, 2.75) is 6.61 Å². The van der Waals surface area contributed by atoms with Gasteiger partial charge in [-0.05, 0) is 36.4 Å². The lowest BCUT2D eigenvalue weighted by Crippen LogP contribution is -2.16. The Hall–Kier alpha value is -3.12. The molecule has 0 N–H and O–H groups in total. The molecule has 0 aliphatic heterocycles. The van der Waals surface area contributed by atoms with E-state index in [1.54, 1.807) is 41.5 Å². The maximum Gasteiger partial charge on any atom is 0.258 e. The highest BCUT2D eigenvalue weighted by Gasteiger charge is 2.06. The van der Waals surface area contributed by atoms with Crippen LogP contribution in [0.1, 0.15) is 5.69 Å². The summed E-state index contributed by atoms with van der Waals surface area (Å²) in [7, 11) is 1.92. The summed E-state index contributed by atoms with van der Waals surface area (Å²) < 4.78 is 9.13. The molecule has 3 heterocycles. The second-order valence-corrected chi connectivity index (χ2v) is 6.29. The molecule has 6 nitrogen and oxygen atoms in total. The van der Waals surface area contributed by atoms with Gasteiger partial charge in [-0.3, -0.25) is 14.3 Å². The maximum atomic E-state index is 12.5. The number of benzene rings is 1. The first-order valence-electron chi connectivity index (χ1n) is 7.97. The van der Waals surface area contributed by atoms with Crippen molar-refractivity contribution >= 4 is 22.6 Å². The number of fused-ring (bicyclic) bond motifs is 1. The zero-order chi connectivity index (χ0) is 18.1. The van der Waals surface area contributed by atoms with Gasteiger partial charge in [0.05, 0.1) is 33.8 Å². The van der Waals surface area contributed by atoms with E-state index in [9.17, 15) is 4.79 Å². The van der Waals surface area contributed by atoms with Crippen molar-refractivity contribution < 1.29 is 4.74 Å². The third kappa shape index (κ3) is 3.19. The van der Waals surface area contributed by atoms with E-state index in [0.717, 1.165) is 22.4 Å². The highest BCUT2D eigenvalue weighted by molar-refractivity contribution is 6.30. The molecule has 4 aromatic rings. The molecule has 0 atom stereocenters. The highest BCUT2D eigenvalue weighted by atomic mass is 35.5. The summed E-state index contributed by atoms with van der Waals surface area (Å²) in [6.45, 7) is 0.265. The Morgan fingerprint density at radius 1 is 1.12 bits per heavy atom. The Labute approximate surface area is 154 Å². The second-order valence-electron chi connectivity index (χ2n) is 5.86. The monoisotopic (exact) mass is 366 g/mol. The summed E-state index contributed by atoms with van der Waals surface area (Å²) in [5.74, 6) is 0.490. The van der Waals surface area contributed by atoms with E-state index in [4.69, 9.17) is 16.3 Å². The average Bonchev–Trinajstić information content (AvgIpc) is 3.02. The lowest BCUT2D eigenvalue weighted by atomic mass is 10.2. The van der Waals surface area contributed by atoms with Crippen LogP contribution in [0, 0.1) is 0 Å². The number of halogens is 1. The van der Waals surface area contributed by atoms with Crippen molar-refractivity contribution in [3.8, 4) is 11.4 Å². The first kappa shape index (κ1) is 16.4. The lowest BCUT2D eigenvalue weighted by Gasteiger charge is -2.09. The standard InChI is InChI=1S/C19H15ClN4O2/c1-23-12-22-17-5-4-15(8-18(17)23)24-7-6-16(9-19(24)25)26-11-14-3-2-13(20)10-21-14/h2-10,12H,11H2,1H3. The first-order chi connectivity index (χ1) is 12.6. The molecule has 1 aromatic carbocycles. The molecule has 3 aromatic heterocycles. The van der Waals surface area contributed by atoms with E-state index in [1.807, 2.05) is 29.8 Å². The highest BCUT2D eigenvalue weighted by Crippen LogP contribution is 2.17. The summed E-state index contributed by atoms with van der Waals surface area (Å²) in [5, 5.41) is 0.571. The Kier molecular flexibility index (Phi) is 4.18. The second kappa shape index (κ2) is 6.65. The zero-order valence-corrected chi connectivity index (χ0v) is 14.7. The number of pyridine rings is 2. The molecule has 0 amide bonds. The topological polar surface area (TPSA) is 61.9 Å². The maximum absolute atomic E-state index is 12.5.